The van der Waals surface area contributed by atoms with E-state index in [1.54, 1.807) is 24.4 Å². The van der Waals surface area contributed by atoms with E-state index in [1.807, 2.05) is 24.3 Å². The van der Waals surface area contributed by atoms with E-state index < -0.39 is 29.7 Å². The monoisotopic (exact) mass is 472 g/mol. The van der Waals surface area contributed by atoms with E-state index in [9.17, 15) is 19.2 Å². The van der Waals surface area contributed by atoms with Crippen molar-refractivity contribution in [3.63, 3.8) is 0 Å². The summed E-state index contributed by atoms with van der Waals surface area (Å²) in [7, 11) is 0. The molecule has 10 nitrogen and oxygen atoms in total. The zero-order valence-corrected chi connectivity index (χ0v) is 18.9. The summed E-state index contributed by atoms with van der Waals surface area (Å²) in [6.07, 6.45) is 3.61. The summed E-state index contributed by atoms with van der Waals surface area (Å²) >= 11 is 0. The second-order valence-electron chi connectivity index (χ2n) is 8.48. The standard InChI is InChI=1S/C25H24N6O4/c32-21-11-10-19(23(33)30-21)31-24(34)15-6-5-9-18(22(15)25(31)35)26-12-3-4-13-27-20-14-28-16-7-1-2-8-17(16)29-20/h1-2,5-9,14,19,26H,3-4,10-13H2,(H,27,29)(H,30,32,33). The van der Waals surface area contributed by atoms with Gasteiger partial charge < -0.3 is 10.6 Å². The zero-order valence-electron chi connectivity index (χ0n) is 18.9. The van der Waals surface area contributed by atoms with Gasteiger partial charge in [-0.1, -0.05) is 18.2 Å². The van der Waals surface area contributed by atoms with Gasteiger partial charge in [0.15, 0.2) is 0 Å². The summed E-state index contributed by atoms with van der Waals surface area (Å²) in [5.74, 6) is -1.32. The van der Waals surface area contributed by atoms with Crippen LogP contribution >= 0.6 is 0 Å². The molecule has 0 saturated carbocycles. The lowest BCUT2D eigenvalue weighted by Crippen LogP contribution is -2.54. The van der Waals surface area contributed by atoms with Crippen molar-refractivity contribution < 1.29 is 19.2 Å². The highest BCUT2D eigenvalue weighted by atomic mass is 16.2. The van der Waals surface area contributed by atoms with Gasteiger partial charge >= 0.3 is 0 Å². The van der Waals surface area contributed by atoms with Gasteiger partial charge in [-0.2, -0.15) is 0 Å². The third kappa shape index (κ3) is 4.42. The van der Waals surface area contributed by atoms with E-state index in [4.69, 9.17) is 0 Å². The summed E-state index contributed by atoms with van der Waals surface area (Å²) < 4.78 is 0. The molecule has 1 fully saturated rings. The Morgan fingerprint density at radius 2 is 1.69 bits per heavy atom. The quantitative estimate of drug-likeness (QED) is 0.336. The molecule has 2 aliphatic rings. The minimum atomic E-state index is -0.975. The molecule has 3 heterocycles. The van der Waals surface area contributed by atoms with Crippen LogP contribution in [0, 0.1) is 0 Å². The van der Waals surface area contributed by atoms with E-state index >= 15 is 0 Å². The summed E-state index contributed by atoms with van der Waals surface area (Å²) in [6.45, 7) is 1.31. The van der Waals surface area contributed by atoms with Gasteiger partial charge in [0.05, 0.1) is 28.4 Å². The number of carbonyl (C=O) groups excluding carboxylic acids is 4. The minimum Gasteiger partial charge on any atom is -0.384 e. The van der Waals surface area contributed by atoms with E-state index in [1.165, 1.54) is 0 Å². The first kappa shape index (κ1) is 22.5. The molecule has 1 aromatic heterocycles. The van der Waals surface area contributed by atoms with E-state index in [2.05, 4.69) is 25.9 Å². The third-order valence-electron chi connectivity index (χ3n) is 6.14. The van der Waals surface area contributed by atoms with Crippen LogP contribution in [-0.2, 0) is 9.59 Å². The Balaban J connectivity index is 1.16. The lowest BCUT2D eigenvalue weighted by atomic mass is 10.0. The van der Waals surface area contributed by atoms with Crippen molar-refractivity contribution >= 4 is 46.2 Å². The molecule has 1 saturated heterocycles. The van der Waals surface area contributed by atoms with Crippen LogP contribution in [0.25, 0.3) is 11.0 Å². The Kier molecular flexibility index (Phi) is 6.09. The van der Waals surface area contributed by atoms with Gasteiger partial charge in [0.25, 0.3) is 11.8 Å². The molecular weight excluding hydrogens is 448 g/mol. The number of anilines is 2. The molecule has 0 spiro atoms. The number of piperidine rings is 1. The number of unbranched alkanes of at least 4 members (excludes halogenated alkanes) is 1. The van der Waals surface area contributed by atoms with Crippen molar-refractivity contribution in [3.8, 4) is 0 Å². The Labute approximate surface area is 201 Å². The van der Waals surface area contributed by atoms with Crippen LogP contribution in [0.4, 0.5) is 11.5 Å². The van der Waals surface area contributed by atoms with Gasteiger partial charge in [0, 0.05) is 25.2 Å². The number of nitrogens with zero attached hydrogens (tertiary/aromatic N) is 3. The zero-order chi connectivity index (χ0) is 24.4. The molecule has 5 rings (SSSR count). The number of carbonyl (C=O) groups is 4. The molecule has 0 bridgehead atoms. The molecule has 10 heteroatoms. The average molecular weight is 473 g/mol. The Hall–Kier alpha value is -4.34. The summed E-state index contributed by atoms with van der Waals surface area (Å²) in [4.78, 5) is 59.6. The predicted molar refractivity (Wildman–Crippen MR) is 129 cm³/mol. The van der Waals surface area contributed by atoms with Crippen LogP contribution in [0.5, 0.6) is 0 Å². The first-order valence-corrected chi connectivity index (χ1v) is 11.6. The van der Waals surface area contributed by atoms with Crippen molar-refractivity contribution in [1.82, 2.24) is 20.2 Å². The average Bonchev–Trinajstić information content (AvgIpc) is 3.12. The number of aromatic nitrogens is 2. The summed E-state index contributed by atoms with van der Waals surface area (Å²) in [6, 6.07) is 11.8. The van der Waals surface area contributed by atoms with Crippen molar-refractivity contribution in [2.45, 2.75) is 31.7 Å². The normalized spacial score (nSPS) is 17.5. The highest BCUT2D eigenvalue weighted by molar-refractivity contribution is 6.25. The molecule has 2 aromatic carbocycles. The van der Waals surface area contributed by atoms with E-state index in [0.29, 0.717) is 18.8 Å². The lowest BCUT2D eigenvalue weighted by Gasteiger charge is -2.27. The lowest BCUT2D eigenvalue weighted by molar-refractivity contribution is -0.136. The SMILES string of the molecule is O=C1CCC(N2C(=O)c3cccc(NCCCCNc4cnc5ccccc5n4)c3C2=O)C(=O)N1. The van der Waals surface area contributed by atoms with E-state index in [-0.39, 0.29) is 24.0 Å². The molecule has 2 aliphatic heterocycles. The van der Waals surface area contributed by atoms with Crippen LogP contribution in [0.3, 0.4) is 0 Å². The maximum absolute atomic E-state index is 13.1. The number of amides is 4. The summed E-state index contributed by atoms with van der Waals surface area (Å²) in [5.41, 5.74) is 2.78. The first-order valence-electron chi connectivity index (χ1n) is 11.6. The van der Waals surface area contributed by atoms with Crippen LogP contribution in [0.2, 0.25) is 0 Å². The maximum atomic E-state index is 13.1. The first-order chi connectivity index (χ1) is 17.0. The molecule has 35 heavy (non-hydrogen) atoms. The second kappa shape index (κ2) is 9.49. The topological polar surface area (TPSA) is 133 Å². The third-order valence-corrected chi connectivity index (χ3v) is 6.14. The fraction of sp³-hybridized carbons (Fsp3) is 0.280. The molecule has 178 valence electrons. The van der Waals surface area contributed by atoms with Crippen molar-refractivity contribution in [1.29, 1.82) is 0 Å². The molecule has 3 N–H and O–H groups in total. The Morgan fingerprint density at radius 1 is 0.914 bits per heavy atom. The van der Waals surface area contributed by atoms with Gasteiger partial charge in [-0.3, -0.25) is 34.4 Å². The Bertz CT molecular complexity index is 1340. The Morgan fingerprint density at radius 3 is 2.49 bits per heavy atom. The van der Waals surface area contributed by atoms with Crippen LogP contribution in [-0.4, -0.2) is 57.6 Å². The maximum Gasteiger partial charge on any atom is 0.264 e. The van der Waals surface area contributed by atoms with Gasteiger partial charge in [-0.05, 0) is 43.5 Å². The fourth-order valence-electron chi connectivity index (χ4n) is 4.39. The number of rotatable bonds is 8. The fourth-order valence-corrected chi connectivity index (χ4v) is 4.39. The molecule has 3 aromatic rings. The second-order valence-corrected chi connectivity index (χ2v) is 8.48. The number of imide groups is 2. The highest BCUT2D eigenvalue weighted by Crippen LogP contribution is 2.32. The van der Waals surface area contributed by atoms with Crippen LogP contribution in [0.15, 0.2) is 48.7 Å². The van der Waals surface area contributed by atoms with Gasteiger partial charge in [0.1, 0.15) is 11.9 Å². The number of nitrogens with one attached hydrogen (secondary N) is 3. The van der Waals surface area contributed by atoms with Gasteiger partial charge in [-0.25, -0.2) is 4.98 Å². The predicted octanol–water partition coefficient (Wildman–Crippen LogP) is 2.34. The number of hydrogen-bond donors (Lipinski definition) is 3. The molecule has 0 radical (unpaired) electrons. The van der Waals surface area contributed by atoms with Gasteiger partial charge in [0.2, 0.25) is 11.8 Å². The largest absolute Gasteiger partial charge is 0.384 e. The smallest absolute Gasteiger partial charge is 0.264 e. The molecule has 1 atom stereocenters. The van der Waals surface area contributed by atoms with E-state index in [0.717, 1.165) is 34.6 Å². The number of hydrogen-bond acceptors (Lipinski definition) is 8. The number of para-hydroxylation sites is 2. The summed E-state index contributed by atoms with van der Waals surface area (Å²) in [5, 5.41) is 8.73. The van der Waals surface area contributed by atoms with Crippen LogP contribution in [0.1, 0.15) is 46.4 Å². The number of benzene rings is 2. The number of fused-ring (bicyclic) bond motifs is 2. The van der Waals surface area contributed by atoms with Gasteiger partial charge in [-0.15, -0.1) is 0 Å². The van der Waals surface area contributed by atoms with Crippen molar-refractivity contribution in [3.05, 3.63) is 59.8 Å². The van der Waals surface area contributed by atoms with Crippen molar-refractivity contribution in [2.75, 3.05) is 23.7 Å². The molecule has 0 aliphatic carbocycles. The van der Waals surface area contributed by atoms with Crippen LogP contribution < -0.4 is 16.0 Å². The highest BCUT2D eigenvalue weighted by Gasteiger charge is 2.45. The minimum absolute atomic E-state index is 0.0910. The van der Waals surface area contributed by atoms with Crippen molar-refractivity contribution in [2.24, 2.45) is 0 Å². The molecule has 1 unspecified atom stereocenters. The molecule has 4 amide bonds. The molecular formula is C25H24N6O4.